The summed E-state index contributed by atoms with van der Waals surface area (Å²) in [7, 11) is -3.10. The van der Waals surface area contributed by atoms with E-state index in [4.69, 9.17) is 16.3 Å². The molecule has 0 spiro atoms. The van der Waals surface area contributed by atoms with Crippen molar-refractivity contribution >= 4 is 43.8 Å². The third-order valence-corrected chi connectivity index (χ3v) is 4.94. The van der Waals surface area contributed by atoms with Crippen molar-refractivity contribution in [3.63, 3.8) is 0 Å². The average Bonchev–Trinajstić information content (AvgIpc) is 2.61. The van der Waals surface area contributed by atoms with Gasteiger partial charge in [-0.2, -0.15) is 0 Å². The molecule has 1 heterocycles. The van der Waals surface area contributed by atoms with Gasteiger partial charge in [0.15, 0.2) is 9.84 Å². The molecule has 0 saturated heterocycles. The van der Waals surface area contributed by atoms with Gasteiger partial charge >= 0.3 is 0 Å². The third kappa shape index (κ3) is 5.18. The fourth-order valence-electron chi connectivity index (χ4n) is 2.44. The number of sulfone groups is 1. The molecule has 1 amide bonds. The van der Waals surface area contributed by atoms with Crippen LogP contribution in [0.2, 0.25) is 5.15 Å². The largest absolute Gasteiger partial charge is 0.492 e. The third-order valence-electron chi connectivity index (χ3n) is 3.74. The van der Waals surface area contributed by atoms with E-state index in [-0.39, 0.29) is 23.2 Å². The summed E-state index contributed by atoms with van der Waals surface area (Å²) in [6.07, 6.45) is 1.15. The van der Waals surface area contributed by atoms with Crippen LogP contribution in [0, 0.1) is 0 Å². The van der Waals surface area contributed by atoms with Gasteiger partial charge < -0.3 is 10.1 Å². The van der Waals surface area contributed by atoms with Crippen LogP contribution in [0.4, 0.5) is 5.69 Å². The number of fused-ring (bicyclic) bond motifs is 1. The molecule has 3 aromatic rings. The first kappa shape index (κ1) is 19.1. The predicted octanol–water partition coefficient (Wildman–Crippen LogP) is 3.56. The molecule has 8 heteroatoms. The molecule has 0 atom stereocenters. The van der Waals surface area contributed by atoms with Gasteiger partial charge in [-0.1, -0.05) is 41.9 Å². The topological polar surface area (TPSA) is 85.4 Å². The number of halogens is 1. The zero-order valence-electron chi connectivity index (χ0n) is 14.5. The SMILES string of the molecule is CS(=O)(=O)CCOc1cccc(NC(=O)c2cc3ccccc3c(Cl)n2)c1. The summed E-state index contributed by atoms with van der Waals surface area (Å²) in [5, 5.41) is 4.59. The van der Waals surface area contributed by atoms with Crippen molar-refractivity contribution in [3.8, 4) is 5.75 Å². The number of pyridine rings is 1. The molecule has 0 fully saturated rings. The molecule has 27 heavy (non-hydrogen) atoms. The van der Waals surface area contributed by atoms with Crippen molar-refractivity contribution < 1.29 is 17.9 Å². The standard InChI is InChI=1S/C19H17ClN2O4S/c1-27(24,25)10-9-26-15-7-4-6-14(12-15)21-19(23)17-11-13-5-2-3-8-16(13)18(20)22-17/h2-8,11-12H,9-10H2,1H3,(H,21,23). The van der Waals surface area contributed by atoms with Crippen LogP contribution < -0.4 is 10.1 Å². The second kappa shape index (κ2) is 7.94. The molecule has 0 aliphatic heterocycles. The van der Waals surface area contributed by atoms with Crippen LogP contribution in [-0.4, -0.2) is 37.9 Å². The molecule has 0 bridgehead atoms. The molecule has 0 saturated carbocycles. The second-order valence-corrected chi connectivity index (χ2v) is 8.60. The quantitative estimate of drug-likeness (QED) is 0.635. The summed E-state index contributed by atoms with van der Waals surface area (Å²) in [6.45, 7) is 0.0398. The van der Waals surface area contributed by atoms with Crippen LogP contribution in [0.1, 0.15) is 10.5 Å². The maximum absolute atomic E-state index is 12.5. The van der Waals surface area contributed by atoms with Gasteiger partial charge in [0.05, 0.1) is 5.75 Å². The van der Waals surface area contributed by atoms with E-state index in [9.17, 15) is 13.2 Å². The number of aromatic nitrogens is 1. The van der Waals surface area contributed by atoms with Crippen molar-refractivity contribution in [2.45, 2.75) is 0 Å². The van der Waals surface area contributed by atoms with Crippen molar-refractivity contribution in [3.05, 3.63) is 65.4 Å². The molecule has 0 aliphatic rings. The van der Waals surface area contributed by atoms with E-state index in [1.54, 1.807) is 30.3 Å². The minimum Gasteiger partial charge on any atom is -0.492 e. The highest BCUT2D eigenvalue weighted by atomic mass is 35.5. The molecule has 3 rings (SSSR count). The van der Waals surface area contributed by atoms with Crippen LogP contribution >= 0.6 is 11.6 Å². The van der Waals surface area contributed by atoms with E-state index >= 15 is 0 Å². The van der Waals surface area contributed by atoms with Crippen LogP contribution in [0.3, 0.4) is 0 Å². The van der Waals surface area contributed by atoms with E-state index < -0.39 is 15.7 Å². The maximum Gasteiger partial charge on any atom is 0.274 e. The van der Waals surface area contributed by atoms with Gasteiger partial charge in [-0.25, -0.2) is 13.4 Å². The van der Waals surface area contributed by atoms with Gasteiger partial charge in [0, 0.05) is 23.4 Å². The first-order valence-electron chi connectivity index (χ1n) is 8.09. The van der Waals surface area contributed by atoms with Gasteiger partial charge in [0.1, 0.15) is 23.2 Å². The Morgan fingerprint density at radius 3 is 2.70 bits per heavy atom. The molecule has 0 aliphatic carbocycles. The van der Waals surface area contributed by atoms with E-state index in [1.807, 2.05) is 24.3 Å². The minimum atomic E-state index is -3.10. The van der Waals surface area contributed by atoms with Crippen LogP contribution in [-0.2, 0) is 9.84 Å². The Morgan fingerprint density at radius 1 is 1.15 bits per heavy atom. The highest BCUT2D eigenvalue weighted by molar-refractivity contribution is 7.90. The van der Waals surface area contributed by atoms with Crippen molar-refractivity contribution in [1.29, 1.82) is 0 Å². The Kier molecular flexibility index (Phi) is 5.62. The van der Waals surface area contributed by atoms with Crippen LogP contribution in [0.25, 0.3) is 10.8 Å². The lowest BCUT2D eigenvalue weighted by Crippen LogP contribution is -2.14. The van der Waals surface area contributed by atoms with Gasteiger partial charge in [-0.3, -0.25) is 4.79 Å². The number of carbonyl (C=O) groups excluding carboxylic acids is 1. The summed E-state index contributed by atoms with van der Waals surface area (Å²) in [4.78, 5) is 16.7. The summed E-state index contributed by atoms with van der Waals surface area (Å²) >= 11 is 6.17. The number of hydrogen-bond donors (Lipinski definition) is 1. The zero-order chi connectivity index (χ0) is 19.4. The number of nitrogens with one attached hydrogen (secondary N) is 1. The Hall–Kier alpha value is -2.64. The van der Waals surface area contributed by atoms with Crippen molar-refractivity contribution in [2.24, 2.45) is 0 Å². The zero-order valence-corrected chi connectivity index (χ0v) is 16.0. The van der Waals surface area contributed by atoms with Gasteiger partial charge in [-0.15, -0.1) is 0 Å². The maximum atomic E-state index is 12.5. The summed E-state index contributed by atoms with van der Waals surface area (Å²) in [5.41, 5.74) is 0.699. The number of hydrogen-bond acceptors (Lipinski definition) is 5. The number of amides is 1. The van der Waals surface area contributed by atoms with Gasteiger partial charge in [0.25, 0.3) is 5.91 Å². The lowest BCUT2D eigenvalue weighted by molar-refractivity contribution is 0.102. The fourth-order valence-corrected chi connectivity index (χ4v) is 3.09. The first-order chi connectivity index (χ1) is 12.8. The predicted molar refractivity (Wildman–Crippen MR) is 106 cm³/mol. The molecule has 1 aromatic heterocycles. The molecule has 0 radical (unpaired) electrons. The molecule has 140 valence electrons. The van der Waals surface area contributed by atoms with E-state index in [1.165, 1.54) is 0 Å². The summed E-state index contributed by atoms with van der Waals surface area (Å²) < 4.78 is 27.7. The second-order valence-electron chi connectivity index (χ2n) is 5.98. The number of rotatable bonds is 6. The Bertz CT molecular complexity index is 1100. The van der Waals surface area contributed by atoms with E-state index in [0.717, 1.165) is 17.0 Å². The Morgan fingerprint density at radius 2 is 1.93 bits per heavy atom. The fraction of sp³-hybridized carbons (Fsp3) is 0.158. The summed E-state index contributed by atoms with van der Waals surface area (Å²) in [5.74, 6) is -0.0276. The summed E-state index contributed by atoms with van der Waals surface area (Å²) in [6, 6.07) is 15.8. The lowest BCUT2D eigenvalue weighted by Gasteiger charge is -2.09. The van der Waals surface area contributed by atoms with E-state index in [2.05, 4.69) is 10.3 Å². The lowest BCUT2D eigenvalue weighted by atomic mass is 10.1. The molecule has 0 unspecified atom stereocenters. The Labute approximate surface area is 162 Å². The molecular weight excluding hydrogens is 388 g/mol. The number of benzene rings is 2. The highest BCUT2D eigenvalue weighted by Gasteiger charge is 2.12. The van der Waals surface area contributed by atoms with Crippen molar-refractivity contribution in [2.75, 3.05) is 23.9 Å². The van der Waals surface area contributed by atoms with Gasteiger partial charge in [-0.05, 0) is 23.6 Å². The highest BCUT2D eigenvalue weighted by Crippen LogP contribution is 2.23. The molecule has 2 aromatic carbocycles. The van der Waals surface area contributed by atoms with E-state index in [0.29, 0.717) is 11.4 Å². The number of nitrogens with zero attached hydrogens (tertiary/aromatic N) is 1. The smallest absolute Gasteiger partial charge is 0.274 e. The number of carbonyl (C=O) groups is 1. The first-order valence-corrected chi connectivity index (χ1v) is 10.5. The number of anilines is 1. The Balaban J connectivity index is 1.73. The van der Waals surface area contributed by atoms with Gasteiger partial charge in [0.2, 0.25) is 0 Å². The molecule has 6 nitrogen and oxygen atoms in total. The normalized spacial score (nSPS) is 11.3. The van der Waals surface area contributed by atoms with Crippen molar-refractivity contribution in [1.82, 2.24) is 4.98 Å². The van der Waals surface area contributed by atoms with Crippen LogP contribution in [0.5, 0.6) is 5.75 Å². The molecule has 1 N–H and O–H groups in total. The average molecular weight is 405 g/mol. The monoisotopic (exact) mass is 404 g/mol. The van der Waals surface area contributed by atoms with Crippen LogP contribution in [0.15, 0.2) is 54.6 Å². The molecular formula is C19H17ClN2O4S. The minimum absolute atomic E-state index is 0.0398. The number of ether oxygens (including phenoxy) is 1.